The summed E-state index contributed by atoms with van der Waals surface area (Å²) in [4.78, 5) is 0. The fourth-order valence-electron chi connectivity index (χ4n) is 1.61. The minimum absolute atomic E-state index is 0.0861. The molecule has 0 saturated carbocycles. The molecular formula is C15H16O. The second-order valence-electron chi connectivity index (χ2n) is 3.98. The molecule has 1 atom stereocenters. The van der Waals surface area contributed by atoms with Gasteiger partial charge in [-0.15, -0.1) is 0 Å². The summed E-state index contributed by atoms with van der Waals surface area (Å²) in [6, 6.07) is 18.4. The highest BCUT2D eigenvalue weighted by Crippen LogP contribution is 2.21. The van der Waals surface area contributed by atoms with Crippen LogP contribution in [0.15, 0.2) is 54.6 Å². The third-order valence-electron chi connectivity index (χ3n) is 2.60. The predicted molar refractivity (Wildman–Crippen MR) is 66.7 cm³/mol. The number of benzene rings is 2. The molecule has 2 rings (SSSR count). The van der Waals surface area contributed by atoms with Gasteiger partial charge in [-0.3, -0.25) is 0 Å². The van der Waals surface area contributed by atoms with E-state index in [9.17, 15) is 0 Å². The van der Waals surface area contributed by atoms with Crippen molar-refractivity contribution in [1.82, 2.24) is 0 Å². The van der Waals surface area contributed by atoms with Gasteiger partial charge >= 0.3 is 0 Å². The Bertz CT molecular complexity index is 431. The maximum Gasteiger partial charge on any atom is 0.121 e. The fraction of sp³-hybridized carbons (Fsp3) is 0.200. The molecule has 2 aromatic rings. The minimum Gasteiger partial charge on any atom is -0.486 e. The molecule has 82 valence electrons. The van der Waals surface area contributed by atoms with Crippen LogP contribution in [0.5, 0.6) is 5.75 Å². The largest absolute Gasteiger partial charge is 0.486 e. The monoisotopic (exact) mass is 212 g/mol. The standard InChI is InChI=1S/C15H16O/c1-12-8-10-14(11-9-12)13(2)16-15-6-4-3-5-7-15/h3-11,13H,1-2H3. The second kappa shape index (κ2) is 4.84. The molecule has 1 heteroatoms. The van der Waals surface area contributed by atoms with Crippen molar-refractivity contribution in [2.75, 3.05) is 0 Å². The summed E-state index contributed by atoms with van der Waals surface area (Å²) in [6.45, 7) is 4.16. The zero-order valence-electron chi connectivity index (χ0n) is 9.68. The number of ether oxygens (including phenoxy) is 1. The number of aryl methyl sites for hydroxylation is 1. The van der Waals surface area contributed by atoms with Crippen LogP contribution in [0.25, 0.3) is 0 Å². The van der Waals surface area contributed by atoms with Gasteiger partial charge in [0, 0.05) is 0 Å². The zero-order valence-corrected chi connectivity index (χ0v) is 9.68. The van der Waals surface area contributed by atoms with Crippen LogP contribution in [-0.2, 0) is 0 Å². The maximum atomic E-state index is 5.84. The summed E-state index contributed by atoms with van der Waals surface area (Å²) in [6.07, 6.45) is 0.0861. The van der Waals surface area contributed by atoms with E-state index in [1.807, 2.05) is 30.3 Å². The summed E-state index contributed by atoms with van der Waals surface area (Å²) in [5, 5.41) is 0. The molecule has 0 aromatic heterocycles. The average molecular weight is 212 g/mol. The van der Waals surface area contributed by atoms with E-state index in [1.54, 1.807) is 0 Å². The highest BCUT2D eigenvalue weighted by Gasteiger charge is 2.05. The topological polar surface area (TPSA) is 9.23 Å². The molecule has 0 heterocycles. The van der Waals surface area contributed by atoms with E-state index < -0.39 is 0 Å². The first kappa shape index (κ1) is 10.7. The summed E-state index contributed by atoms with van der Waals surface area (Å²) in [7, 11) is 0. The van der Waals surface area contributed by atoms with Crippen molar-refractivity contribution in [2.45, 2.75) is 20.0 Å². The average Bonchev–Trinajstić information content (AvgIpc) is 2.31. The molecule has 1 nitrogen and oxygen atoms in total. The summed E-state index contributed by atoms with van der Waals surface area (Å²) >= 11 is 0. The number of rotatable bonds is 3. The zero-order chi connectivity index (χ0) is 11.4. The number of para-hydroxylation sites is 1. The van der Waals surface area contributed by atoms with Crippen LogP contribution in [0.2, 0.25) is 0 Å². The van der Waals surface area contributed by atoms with E-state index in [-0.39, 0.29) is 6.10 Å². The van der Waals surface area contributed by atoms with Crippen LogP contribution in [-0.4, -0.2) is 0 Å². The molecule has 0 saturated heterocycles. The van der Waals surface area contributed by atoms with Crippen molar-refractivity contribution in [1.29, 1.82) is 0 Å². The van der Waals surface area contributed by atoms with Crippen molar-refractivity contribution in [3.05, 3.63) is 65.7 Å². The Morgan fingerprint density at radius 3 is 2.12 bits per heavy atom. The summed E-state index contributed by atoms with van der Waals surface area (Å²) in [5.74, 6) is 0.913. The summed E-state index contributed by atoms with van der Waals surface area (Å²) in [5.41, 5.74) is 2.48. The SMILES string of the molecule is Cc1ccc(C(C)Oc2ccccc2)cc1. The van der Waals surface area contributed by atoms with Gasteiger partial charge in [0.15, 0.2) is 0 Å². The van der Waals surface area contributed by atoms with Gasteiger partial charge in [0.05, 0.1) is 0 Å². The molecule has 0 N–H and O–H groups in total. The highest BCUT2D eigenvalue weighted by molar-refractivity contribution is 5.26. The van der Waals surface area contributed by atoms with Crippen LogP contribution in [0.1, 0.15) is 24.2 Å². The molecule has 2 aromatic carbocycles. The molecule has 16 heavy (non-hydrogen) atoms. The van der Waals surface area contributed by atoms with E-state index >= 15 is 0 Å². The smallest absolute Gasteiger partial charge is 0.121 e. The molecule has 0 aliphatic carbocycles. The van der Waals surface area contributed by atoms with Gasteiger partial charge in [-0.25, -0.2) is 0 Å². The van der Waals surface area contributed by atoms with Gasteiger partial charge in [-0.05, 0) is 31.5 Å². The first-order valence-corrected chi connectivity index (χ1v) is 5.54. The Hall–Kier alpha value is -1.76. The first-order chi connectivity index (χ1) is 7.75. The van der Waals surface area contributed by atoms with Crippen LogP contribution in [0.4, 0.5) is 0 Å². The first-order valence-electron chi connectivity index (χ1n) is 5.54. The molecule has 0 amide bonds. The van der Waals surface area contributed by atoms with Gasteiger partial charge in [0.2, 0.25) is 0 Å². The normalized spacial score (nSPS) is 12.1. The van der Waals surface area contributed by atoms with Crippen molar-refractivity contribution in [3.8, 4) is 5.75 Å². The molecule has 0 aliphatic heterocycles. The Kier molecular flexibility index (Phi) is 3.25. The van der Waals surface area contributed by atoms with Gasteiger partial charge in [-0.1, -0.05) is 48.0 Å². The van der Waals surface area contributed by atoms with Crippen molar-refractivity contribution < 1.29 is 4.74 Å². The molecule has 0 radical (unpaired) electrons. The van der Waals surface area contributed by atoms with Crippen LogP contribution in [0.3, 0.4) is 0 Å². The number of hydrogen-bond acceptors (Lipinski definition) is 1. The molecule has 1 unspecified atom stereocenters. The van der Waals surface area contributed by atoms with Crippen LogP contribution in [0, 0.1) is 6.92 Å². The van der Waals surface area contributed by atoms with Gasteiger partial charge in [-0.2, -0.15) is 0 Å². The Balaban J connectivity index is 2.09. The van der Waals surface area contributed by atoms with Crippen molar-refractivity contribution in [2.24, 2.45) is 0 Å². The van der Waals surface area contributed by atoms with Crippen molar-refractivity contribution >= 4 is 0 Å². The molecule has 0 aliphatic rings. The van der Waals surface area contributed by atoms with Gasteiger partial charge in [0.25, 0.3) is 0 Å². The molecule has 0 fully saturated rings. The predicted octanol–water partition coefficient (Wildman–Crippen LogP) is 4.14. The fourth-order valence-corrected chi connectivity index (χ4v) is 1.61. The molecule has 0 bridgehead atoms. The lowest BCUT2D eigenvalue weighted by molar-refractivity contribution is 0.227. The van der Waals surface area contributed by atoms with E-state index in [0.29, 0.717) is 0 Å². The third kappa shape index (κ3) is 2.63. The van der Waals surface area contributed by atoms with E-state index in [0.717, 1.165) is 5.75 Å². The number of hydrogen-bond donors (Lipinski definition) is 0. The Morgan fingerprint density at radius 2 is 1.50 bits per heavy atom. The molecule has 0 spiro atoms. The van der Waals surface area contributed by atoms with Gasteiger partial charge in [0.1, 0.15) is 11.9 Å². The Morgan fingerprint density at radius 1 is 0.875 bits per heavy atom. The van der Waals surface area contributed by atoms with E-state index in [4.69, 9.17) is 4.74 Å². The lowest BCUT2D eigenvalue weighted by Crippen LogP contribution is -2.02. The Labute approximate surface area is 96.7 Å². The summed E-state index contributed by atoms with van der Waals surface area (Å²) < 4.78 is 5.84. The van der Waals surface area contributed by atoms with Crippen LogP contribution >= 0.6 is 0 Å². The lowest BCUT2D eigenvalue weighted by atomic mass is 10.1. The second-order valence-corrected chi connectivity index (χ2v) is 3.98. The maximum absolute atomic E-state index is 5.84. The van der Waals surface area contributed by atoms with Crippen LogP contribution < -0.4 is 4.74 Å². The van der Waals surface area contributed by atoms with Crippen molar-refractivity contribution in [3.63, 3.8) is 0 Å². The van der Waals surface area contributed by atoms with E-state index in [1.165, 1.54) is 11.1 Å². The lowest BCUT2D eigenvalue weighted by Gasteiger charge is -2.15. The minimum atomic E-state index is 0.0861. The highest BCUT2D eigenvalue weighted by atomic mass is 16.5. The molecular weight excluding hydrogens is 196 g/mol. The quantitative estimate of drug-likeness (QED) is 0.743. The van der Waals surface area contributed by atoms with E-state index in [2.05, 4.69) is 38.1 Å². The van der Waals surface area contributed by atoms with Gasteiger partial charge < -0.3 is 4.74 Å². The third-order valence-corrected chi connectivity index (χ3v) is 2.60.